The minimum atomic E-state index is -0.971. The highest BCUT2D eigenvalue weighted by Gasteiger charge is 2.24. The van der Waals surface area contributed by atoms with E-state index >= 15 is 0 Å². The Morgan fingerprint density at radius 3 is 2.23 bits per heavy atom. The molecule has 1 saturated heterocycles. The van der Waals surface area contributed by atoms with Crippen molar-refractivity contribution >= 4 is 6.08 Å². The molecule has 1 aromatic carbocycles. The molecular formula is C25H36F2O3. The number of hydrogen-bond donors (Lipinski definition) is 0. The molecule has 1 heterocycles. The van der Waals surface area contributed by atoms with Crippen LogP contribution in [0, 0.1) is 0 Å². The number of ether oxygens (including phenoxy) is 3. The maximum absolute atomic E-state index is 14.2. The highest BCUT2D eigenvalue weighted by molar-refractivity contribution is 5.47. The Morgan fingerprint density at radius 2 is 1.77 bits per heavy atom. The zero-order chi connectivity index (χ0) is 22.5. The first-order valence-electron chi connectivity index (χ1n) is 10.6. The Kier molecular flexibility index (Phi) is 12.2. The predicted octanol–water partition coefficient (Wildman–Crippen LogP) is 7.46. The van der Waals surface area contributed by atoms with Crippen LogP contribution in [-0.4, -0.2) is 26.4 Å². The van der Waals surface area contributed by atoms with E-state index in [4.69, 9.17) is 14.2 Å². The Bertz CT molecular complexity index is 700. The normalized spacial score (nSPS) is 20.4. The van der Waals surface area contributed by atoms with Gasteiger partial charge in [-0.15, -0.1) is 0 Å². The van der Waals surface area contributed by atoms with Gasteiger partial charge in [-0.3, -0.25) is 0 Å². The van der Waals surface area contributed by atoms with Gasteiger partial charge in [-0.1, -0.05) is 64.1 Å². The number of halogens is 2. The fourth-order valence-electron chi connectivity index (χ4n) is 2.91. The van der Waals surface area contributed by atoms with E-state index in [0.29, 0.717) is 13.0 Å². The molecule has 0 aliphatic carbocycles. The van der Waals surface area contributed by atoms with Crippen LogP contribution in [0.15, 0.2) is 53.8 Å². The quantitative estimate of drug-likeness (QED) is 0.321. The summed E-state index contributed by atoms with van der Waals surface area (Å²) in [5, 5.41) is 0. The molecule has 168 valence electrons. The van der Waals surface area contributed by atoms with E-state index in [1.807, 2.05) is 24.3 Å². The molecule has 30 heavy (non-hydrogen) atoms. The second-order valence-electron chi connectivity index (χ2n) is 7.26. The first-order valence-corrected chi connectivity index (χ1v) is 10.6. The van der Waals surface area contributed by atoms with Crippen molar-refractivity contribution < 1.29 is 23.0 Å². The summed E-state index contributed by atoms with van der Waals surface area (Å²) in [7, 11) is 1.31. The van der Waals surface area contributed by atoms with E-state index in [0.717, 1.165) is 24.0 Å². The van der Waals surface area contributed by atoms with Crippen molar-refractivity contribution in [2.24, 2.45) is 0 Å². The van der Waals surface area contributed by atoms with Crippen molar-refractivity contribution in [2.45, 2.75) is 65.6 Å². The lowest BCUT2D eigenvalue weighted by Gasteiger charge is -2.29. The van der Waals surface area contributed by atoms with Crippen molar-refractivity contribution in [3.05, 3.63) is 65.0 Å². The highest BCUT2D eigenvalue weighted by Crippen LogP contribution is 2.30. The predicted molar refractivity (Wildman–Crippen MR) is 119 cm³/mol. The molecule has 0 saturated carbocycles. The summed E-state index contributed by atoms with van der Waals surface area (Å²) in [6.45, 7) is 11.6. The van der Waals surface area contributed by atoms with Gasteiger partial charge in [-0.05, 0) is 42.9 Å². The largest absolute Gasteiger partial charge is 0.498 e. The zero-order valence-corrected chi connectivity index (χ0v) is 19.0. The van der Waals surface area contributed by atoms with Crippen LogP contribution in [0.2, 0.25) is 0 Å². The van der Waals surface area contributed by atoms with Gasteiger partial charge < -0.3 is 14.2 Å². The second-order valence-corrected chi connectivity index (χ2v) is 7.26. The van der Waals surface area contributed by atoms with Crippen LogP contribution < -0.4 is 0 Å². The highest BCUT2D eigenvalue weighted by atomic mass is 19.2. The smallest absolute Gasteiger partial charge is 0.196 e. The number of allylic oxidation sites excluding steroid dienone is 3. The lowest BCUT2D eigenvalue weighted by atomic mass is 9.99. The minimum Gasteiger partial charge on any atom is -0.498 e. The maximum Gasteiger partial charge on any atom is 0.196 e. The Labute approximate surface area is 180 Å². The van der Waals surface area contributed by atoms with Crippen LogP contribution in [0.4, 0.5) is 8.78 Å². The molecule has 0 spiro atoms. The molecule has 3 nitrogen and oxygen atoms in total. The third-order valence-electron chi connectivity index (χ3n) is 4.82. The molecule has 0 amide bonds. The van der Waals surface area contributed by atoms with Crippen molar-refractivity contribution in [2.75, 3.05) is 20.3 Å². The summed E-state index contributed by atoms with van der Waals surface area (Å²) in [4.78, 5) is 0. The summed E-state index contributed by atoms with van der Waals surface area (Å²) >= 11 is 0. The molecule has 1 aromatic rings. The van der Waals surface area contributed by atoms with Gasteiger partial charge in [0.25, 0.3) is 0 Å². The zero-order valence-electron chi connectivity index (χ0n) is 19.0. The second kappa shape index (κ2) is 14.1. The van der Waals surface area contributed by atoms with Crippen LogP contribution in [0.1, 0.15) is 70.6 Å². The van der Waals surface area contributed by atoms with Gasteiger partial charge in [0.2, 0.25) is 0 Å². The average Bonchev–Trinajstić information content (AvgIpc) is 2.79. The SMILES string of the molecule is C=Cc1ccc(C2CCC(OC/C(CC)=C(F)/C(F)=C(\C)OC)CO2)cc1.CCC. The molecule has 0 radical (unpaired) electrons. The summed E-state index contributed by atoms with van der Waals surface area (Å²) in [6, 6.07) is 8.12. The monoisotopic (exact) mass is 422 g/mol. The molecule has 2 rings (SSSR count). The van der Waals surface area contributed by atoms with Crippen molar-refractivity contribution in [3.63, 3.8) is 0 Å². The lowest BCUT2D eigenvalue weighted by Crippen LogP contribution is -2.28. The molecule has 1 aliphatic rings. The molecule has 2 atom stereocenters. The summed E-state index contributed by atoms with van der Waals surface area (Å²) < 4.78 is 44.6. The summed E-state index contributed by atoms with van der Waals surface area (Å²) in [5.41, 5.74) is 2.48. The van der Waals surface area contributed by atoms with Crippen LogP contribution in [0.25, 0.3) is 6.08 Å². The summed E-state index contributed by atoms with van der Waals surface area (Å²) in [6.07, 6.45) is 4.96. The lowest BCUT2D eigenvalue weighted by molar-refractivity contribution is -0.0823. The Hall–Kier alpha value is -1.98. The topological polar surface area (TPSA) is 27.7 Å². The number of rotatable bonds is 8. The van der Waals surface area contributed by atoms with Gasteiger partial charge >= 0.3 is 0 Å². The maximum atomic E-state index is 14.2. The van der Waals surface area contributed by atoms with Crippen molar-refractivity contribution in [3.8, 4) is 0 Å². The van der Waals surface area contributed by atoms with Gasteiger partial charge in [0, 0.05) is 0 Å². The van der Waals surface area contributed by atoms with E-state index < -0.39 is 11.7 Å². The Morgan fingerprint density at radius 1 is 1.13 bits per heavy atom. The standard InChI is InChI=1S/C22H28F2O3.C3H8/c1-5-16-7-9-18(10-8-16)20-12-11-19(14-27-20)26-13-17(6-2)22(24)21(23)15(3)25-4;1-3-2/h5,7-10,19-20H,1,6,11-14H2,2-4H3;3H2,1-2H3/b21-15-,22-17-;. The molecule has 1 fully saturated rings. The van der Waals surface area contributed by atoms with E-state index in [-0.39, 0.29) is 30.1 Å². The van der Waals surface area contributed by atoms with Gasteiger partial charge in [-0.2, -0.15) is 0 Å². The average molecular weight is 423 g/mol. The summed E-state index contributed by atoms with van der Waals surface area (Å²) in [5.74, 6) is -1.94. The molecule has 0 aromatic heterocycles. The van der Waals surface area contributed by atoms with E-state index in [9.17, 15) is 8.78 Å². The first kappa shape index (κ1) is 26.1. The third-order valence-corrected chi connectivity index (χ3v) is 4.82. The molecule has 0 N–H and O–H groups in total. The molecule has 5 heteroatoms. The van der Waals surface area contributed by atoms with Gasteiger partial charge in [0.15, 0.2) is 11.7 Å². The van der Waals surface area contributed by atoms with E-state index in [1.165, 1.54) is 20.5 Å². The van der Waals surface area contributed by atoms with Gasteiger partial charge in [0.05, 0.1) is 32.5 Å². The van der Waals surface area contributed by atoms with Crippen LogP contribution in [-0.2, 0) is 14.2 Å². The van der Waals surface area contributed by atoms with Crippen LogP contribution >= 0.6 is 0 Å². The van der Waals surface area contributed by atoms with Crippen LogP contribution in [0.5, 0.6) is 0 Å². The minimum absolute atomic E-state index is 0.0337. The van der Waals surface area contributed by atoms with Crippen molar-refractivity contribution in [1.82, 2.24) is 0 Å². The molecule has 1 aliphatic heterocycles. The molecular weight excluding hydrogens is 386 g/mol. The first-order chi connectivity index (χ1) is 14.4. The number of benzene rings is 1. The van der Waals surface area contributed by atoms with E-state index in [2.05, 4.69) is 20.4 Å². The number of methoxy groups -OCH3 is 1. The van der Waals surface area contributed by atoms with Crippen molar-refractivity contribution in [1.29, 1.82) is 0 Å². The fourth-order valence-corrected chi connectivity index (χ4v) is 2.91. The van der Waals surface area contributed by atoms with Crippen LogP contribution in [0.3, 0.4) is 0 Å². The van der Waals surface area contributed by atoms with Gasteiger partial charge in [-0.25, -0.2) is 8.78 Å². The molecule has 2 unspecified atom stereocenters. The molecule has 0 bridgehead atoms. The van der Waals surface area contributed by atoms with Gasteiger partial charge in [0.1, 0.15) is 5.76 Å². The Balaban J connectivity index is 0.00000141. The van der Waals surface area contributed by atoms with E-state index in [1.54, 1.807) is 13.0 Å². The third kappa shape index (κ3) is 8.04. The number of hydrogen-bond acceptors (Lipinski definition) is 3. The fraction of sp³-hybridized carbons (Fsp3) is 0.520.